The zero-order chi connectivity index (χ0) is 17.2. The van der Waals surface area contributed by atoms with Gasteiger partial charge in [-0.1, -0.05) is 36.4 Å². The van der Waals surface area contributed by atoms with E-state index in [1.54, 1.807) is 24.3 Å². The van der Waals surface area contributed by atoms with Gasteiger partial charge in [-0.2, -0.15) is 0 Å². The number of benzene rings is 2. The Hall–Kier alpha value is -2.83. The summed E-state index contributed by atoms with van der Waals surface area (Å²) in [7, 11) is 0. The molecular formula is C18H18O6. The maximum Gasteiger partial charge on any atom is 0.331 e. The van der Waals surface area contributed by atoms with Crippen LogP contribution in [0.2, 0.25) is 0 Å². The van der Waals surface area contributed by atoms with Crippen molar-refractivity contribution in [1.29, 1.82) is 0 Å². The number of aliphatic hydroxyl groups excluding tert-OH is 2. The molecule has 0 saturated heterocycles. The van der Waals surface area contributed by atoms with E-state index in [1.165, 1.54) is 6.08 Å². The predicted molar refractivity (Wildman–Crippen MR) is 87.1 cm³/mol. The van der Waals surface area contributed by atoms with Crippen molar-refractivity contribution in [3.8, 4) is 11.5 Å². The molecule has 0 heterocycles. The van der Waals surface area contributed by atoms with Gasteiger partial charge in [-0.15, -0.1) is 0 Å². The van der Waals surface area contributed by atoms with Crippen molar-refractivity contribution in [2.45, 2.75) is 6.61 Å². The Bertz CT molecular complexity index is 681. The number of hydrogen-bond acceptors (Lipinski definition) is 6. The molecule has 0 aliphatic rings. The first-order chi connectivity index (χ1) is 11.7. The fourth-order valence-electron chi connectivity index (χ4n) is 1.94. The SMILES string of the molecule is O=C(/C=C/c1ccc(OCO)c(OCO)c1)OCc1ccccc1. The van der Waals surface area contributed by atoms with Crippen molar-refractivity contribution < 1.29 is 29.2 Å². The highest BCUT2D eigenvalue weighted by atomic mass is 16.6. The lowest BCUT2D eigenvalue weighted by atomic mass is 10.2. The summed E-state index contributed by atoms with van der Waals surface area (Å²) < 4.78 is 15.1. The molecule has 0 unspecified atom stereocenters. The molecule has 24 heavy (non-hydrogen) atoms. The first kappa shape index (κ1) is 17.5. The van der Waals surface area contributed by atoms with Gasteiger partial charge in [-0.05, 0) is 29.3 Å². The molecule has 0 aromatic heterocycles. The van der Waals surface area contributed by atoms with Gasteiger partial charge in [0.2, 0.25) is 0 Å². The number of rotatable bonds is 8. The number of hydrogen-bond donors (Lipinski definition) is 2. The van der Waals surface area contributed by atoms with Gasteiger partial charge in [-0.3, -0.25) is 0 Å². The Morgan fingerprint density at radius 3 is 2.38 bits per heavy atom. The summed E-state index contributed by atoms with van der Waals surface area (Å²) in [5.41, 5.74) is 1.56. The zero-order valence-corrected chi connectivity index (χ0v) is 12.9. The summed E-state index contributed by atoms with van der Waals surface area (Å²) in [4.78, 5) is 11.7. The second kappa shape index (κ2) is 9.34. The number of carbonyl (C=O) groups excluding carboxylic acids is 1. The van der Waals surface area contributed by atoms with Crippen LogP contribution in [0.25, 0.3) is 6.08 Å². The maximum absolute atomic E-state index is 11.7. The molecule has 126 valence electrons. The van der Waals surface area contributed by atoms with Crippen LogP contribution in [0.5, 0.6) is 11.5 Å². The Labute approximate surface area is 139 Å². The van der Waals surface area contributed by atoms with Gasteiger partial charge in [0.25, 0.3) is 0 Å². The summed E-state index contributed by atoms with van der Waals surface area (Å²) >= 11 is 0. The van der Waals surface area contributed by atoms with Crippen LogP contribution in [0.15, 0.2) is 54.6 Å². The van der Waals surface area contributed by atoms with E-state index in [0.29, 0.717) is 5.56 Å². The molecule has 6 nitrogen and oxygen atoms in total. The Morgan fingerprint density at radius 2 is 1.67 bits per heavy atom. The predicted octanol–water partition coefficient (Wildman–Crippen LogP) is 2.10. The minimum absolute atomic E-state index is 0.201. The molecular weight excluding hydrogens is 312 g/mol. The van der Waals surface area contributed by atoms with Crippen LogP contribution >= 0.6 is 0 Å². The van der Waals surface area contributed by atoms with E-state index >= 15 is 0 Å². The van der Waals surface area contributed by atoms with Crippen molar-refractivity contribution in [1.82, 2.24) is 0 Å². The molecule has 2 rings (SSSR count). The van der Waals surface area contributed by atoms with Gasteiger partial charge in [0.05, 0.1) is 0 Å². The van der Waals surface area contributed by atoms with Gasteiger partial charge < -0.3 is 24.4 Å². The molecule has 0 radical (unpaired) electrons. The first-order valence-corrected chi connectivity index (χ1v) is 7.23. The number of esters is 1. The highest BCUT2D eigenvalue weighted by molar-refractivity contribution is 5.87. The second-order valence-corrected chi connectivity index (χ2v) is 4.68. The molecule has 2 aromatic rings. The van der Waals surface area contributed by atoms with Gasteiger partial charge in [0.15, 0.2) is 25.1 Å². The average Bonchev–Trinajstić information content (AvgIpc) is 2.61. The summed E-state index contributed by atoms with van der Waals surface area (Å²) in [6.45, 7) is -0.844. The van der Waals surface area contributed by atoms with E-state index in [9.17, 15) is 4.79 Å². The molecule has 0 aliphatic carbocycles. The van der Waals surface area contributed by atoms with E-state index in [-0.39, 0.29) is 18.1 Å². The second-order valence-electron chi connectivity index (χ2n) is 4.68. The van der Waals surface area contributed by atoms with Gasteiger partial charge in [-0.25, -0.2) is 4.79 Å². The van der Waals surface area contributed by atoms with E-state index < -0.39 is 19.6 Å². The van der Waals surface area contributed by atoms with E-state index in [0.717, 1.165) is 5.56 Å². The Kier molecular flexibility index (Phi) is 6.82. The zero-order valence-electron chi connectivity index (χ0n) is 12.9. The van der Waals surface area contributed by atoms with Crippen LogP contribution < -0.4 is 9.47 Å². The van der Waals surface area contributed by atoms with Crippen molar-refractivity contribution >= 4 is 12.0 Å². The van der Waals surface area contributed by atoms with Crippen LogP contribution in [0.4, 0.5) is 0 Å². The topological polar surface area (TPSA) is 85.2 Å². The molecule has 0 fully saturated rings. The minimum atomic E-state index is -0.534. The summed E-state index contributed by atoms with van der Waals surface area (Å²) in [6.07, 6.45) is 2.86. The fourth-order valence-corrected chi connectivity index (χ4v) is 1.94. The third kappa shape index (κ3) is 5.42. The van der Waals surface area contributed by atoms with Crippen molar-refractivity contribution in [2.24, 2.45) is 0 Å². The third-order valence-corrected chi connectivity index (χ3v) is 3.04. The number of carbonyl (C=O) groups is 1. The van der Waals surface area contributed by atoms with Crippen LogP contribution in [-0.2, 0) is 16.1 Å². The van der Waals surface area contributed by atoms with Gasteiger partial charge in [0.1, 0.15) is 6.61 Å². The van der Waals surface area contributed by atoms with Crippen LogP contribution in [0.3, 0.4) is 0 Å². The summed E-state index contributed by atoms with van der Waals surface area (Å²) in [5.74, 6) is 0.0703. The first-order valence-electron chi connectivity index (χ1n) is 7.23. The lowest BCUT2D eigenvalue weighted by Gasteiger charge is -2.10. The molecule has 2 N–H and O–H groups in total. The number of aliphatic hydroxyl groups is 2. The molecule has 2 aromatic carbocycles. The molecule has 0 aliphatic heterocycles. The maximum atomic E-state index is 11.7. The number of ether oxygens (including phenoxy) is 3. The Balaban J connectivity index is 1.97. The molecule has 6 heteroatoms. The lowest BCUT2D eigenvalue weighted by Crippen LogP contribution is -2.02. The third-order valence-electron chi connectivity index (χ3n) is 3.04. The van der Waals surface area contributed by atoms with Crippen molar-refractivity contribution in [3.63, 3.8) is 0 Å². The quantitative estimate of drug-likeness (QED) is 0.438. The summed E-state index contributed by atoms with van der Waals surface area (Å²) in [5, 5.41) is 17.7. The normalized spacial score (nSPS) is 10.6. The molecule has 0 bridgehead atoms. The smallest absolute Gasteiger partial charge is 0.331 e. The largest absolute Gasteiger partial charge is 0.464 e. The van der Waals surface area contributed by atoms with Crippen LogP contribution in [-0.4, -0.2) is 29.8 Å². The van der Waals surface area contributed by atoms with E-state index in [1.807, 2.05) is 30.3 Å². The average molecular weight is 330 g/mol. The highest BCUT2D eigenvalue weighted by Crippen LogP contribution is 2.28. The molecule has 0 spiro atoms. The highest BCUT2D eigenvalue weighted by Gasteiger charge is 2.06. The van der Waals surface area contributed by atoms with E-state index in [4.69, 9.17) is 24.4 Å². The van der Waals surface area contributed by atoms with Gasteiger partial charge >= 0.3 is 5.97 Å². The molecule has 0 saturated carbocycles. The summed E-state index contributed by atoms with van der Waals surface area (Å²) in [6, 6.07) is 14.2. The molecule has 0 atom stereocenters. The fraction of sp³-hybridized carbons (Fsp3) is 0.167. The minimum Gasteiger partial charge on any atom is -0.464 e. The van der Waals surface area contributed by atoms with Gasteiger partial charge in [0, 0.05) is 6.08 Å². The monoisotopic (exact) mass is 330 g/mol. The van der Waals surface area contributed by atoms with Crippen molar-refractivity contribution in [2.75, 3.05) is 13.6 Å². The Morgan fingerprint density at radius 1 is 0.958 bits per heavy atom. The van der Waals surface area contributed by atoms with Crippen LogP contribution in [0.1, 0.15) is 11.1 Å². The van der Waals surface area contributed by atoms with E-state index in [2.05, 4.69) is 0 Å². The standard InChI is InChI=1S/C18H18O6/c19-12-23-16-8-6-14(10-17(16)24-13-20)7-9-18(21)22-11-15-4-2-1-3-5-15/h1-10,19-20H,11-13H2/b9-7+. The van der Waals surface area contributed by atoms with Crippen LogP contribution in [0, 0.1) is 0 Å². The van der Waals surface area contributed by atoms with Crippen molar-refractivity contribution in [3.05, 3.63) is 65.7 Å². The molecule has 0 amide bonds. The lowest BCUT2D eigenvalue weighted by molar-refractivity contribution is -0.138.